The minimum atomic E-state index is 0. The summed E-state index contributed by atoms with van der Waals surface area (Å²) in [6.45, 7) is 3.76. The second-order valence-electron chi connectivity index (χ2n) is 6.00. The monoisotopic (exact) mass is 371 g/mol. The van der Waals surface area contributed by atoms with Crippen LogP contribution in [0, 0.1) is 0 Å². The van der Waals surface area contributed by atoms with Crippen molar-refractivity contribution in [2.24, 2.45) is 0 Å². The molecule has 1 aromatic rings. The molecule has 0 aliphatic carbocycles. The summed E-state index contributed by atoms with van der Waals surface area (Å²) in [6, 6.07) is 6.50. The maximum atomic E-state index is 8.70. The first-order valence-corrected chi connectivity index (χ1v) is 8.96. The van der Waals surface area contributed by atoms with Crippen molar-refractivity contribution in [3.05, 3.63) is 30.1 Å². The average molecular weight is 372 g/mol. The Kier molecular flexibility index (Phi) is 15.2. The number of hydrogen-bond acceptors (Lipinski definition) is 1. The number of pyridine rings is 1. The van der Waals surface area contributed by atoms with Crippen LogP contribution in [-0.4, -0.2) is 11.7 Å². The van der Waals surface area contributed by atoms with Crippen molar-refractivity contribution >= 4 is 0 Å². The highest BCUT2D eigenvalue weighted by molar-refractivity contribution is 4.96. The number of halogens is 1. The van der Waals surface area contributed by atoms with Gasteiger partial charge in [0.05, 0.1) is 0 Å². The van der Waals surface area contributed by atoms with Crippen molar-refractivity contribution in [2.45, 2.75) is 84.1 Å². The second kappa shape index (κ2) is 15.5. The fourth-order valence-electron chi connectivity index (χ4n) is 2.86. The van der Waals surface area contributed by atoms with Crippen LogP contribution in [0.4, 0.5) is 0 Å². The Morgan fingerprint density at radius 1 is 0.818 bits per heavy atom. The van der Waals surface area contributed by atoms with Gasteiger partial charge in [-0.25, -0.2) is 4.57 Å². The number of nitrogens with zero attached hydrogens (tertiary/aromatic N) is 1. The van der Waals surface area contributed by atoms with Crippen LogP contribution >= 0.6 is 0 Å². The Labute approximate surface area is 147 Å². The first-order valence-electron chi connectivity index (χ1n) is 8.96. The van der Waals surface area contributed by atoms with Gasteiger partial charge in [0.15, 0.2) is 11.9 Å². The summed E-state index contributed by atoms with van der Waals surface area (Å²) in [5.41, 5.74) is 1.44. The van der Waals surface area contributed by atoms with Crippen LogP contribution in [0.25, 0.3) is 0 Å². The van der Waals surface area contributed by atoms with Gasteiger partial charge in [0.1, 0.15) is 6.54 Å². The van der Waals surface area contributed by atoms with Crippen molar-refractivity contribution in [1.29, 1.82) is 0 Å². The zero-order valence-electron chi connectivity index (χ0n) is 14.3. The number of hydrogen-bond donors (Lipinski definition) is 1. The molecule has 0 radical (unpaired) electrons. The normalized spacial score (nSPS) is 10.5. The topological polar surface area (TPSA) is 24.1 Å². The van der Waals surface area contributed by atoms with Crippen LogP contribution in [0.3, 0.4) is 0 Å². The Morgan fingerprint density at radius 2 is 1.36 bits per heavy atom. The molecule has 128 valence electrons. The van der Waals surface area contributed by atoms with Crippen molar-refractivity contribution < 1.29 is 26.7 Å². The number of rotatable bonds is 13. The third-order valence-electron chi connectivity index (χ3n) is 4.20. The van der Waals surface area contributed by atoms with E-state index in [4.69, 9.17) is 5.11 Å². The number of aliphatic hydroxyl groups is 1. The fraction of sp³-hybridized carbons (Fsp3) is 0.737. The standard InChI is InChI=1S/C19H34NO.BrH/c1-2-19-15-11-13-17-20(19)16-12-9-7-5-3-4-6-8-10-14-18-21;/h11,13,15,17,21H,2-10,12,14,16,18H2,1H3;1H/q+1;/p-1. The average Bonchev–Trinajstić information content (AvgIpc) is 2.53. The van der Waals surface area contributed by atoms with Gasteiger partial charge in [0, 0.05) is 31.6 Å². The van der Waals surface area contributed by atoms with Gasteiger partial charge < -0.3 is 22.1 Å². The SMILES string of the molecule is CCc1cccc[n+]1CCCCCCCCCCCCO.[Br-]. The highest BCUT2D eigenvalue weighted by Gasteiger charge is 2.05. The van der Waals surface area contributed by atoms with Gasteiger partial charge in [0.2, 0.25) is 0 Å². The maximum Gasteiger partial charge on any atom is 0.181 e. The molecule has 0 unspecified atom stereocenters. The molecule has 0 spiro atoms. The molecule has 0 bridgehead atoms. The molecule has 0 saturated heterocycles. The van der Waals surface area contributed by atoms with E-state index in [1.54, 1.807) is 0 Å². The zero-order chi connectivity index (χ0) is 15.2. The predicted octanol–water partition coefficient (Wildman–Crippen LogP) is 1.43. The van der Waals surface area contributed by atoms with Gasteiger partial charge in [-0.2, -0.15) is 0 Å². The van der Waals surface area contributed by atoms with Crippen molar-refractivity contribution in [1.82, 2.24) is 0 Å². The summed E-state index contributed by atoms with van der Waals surface area (Å²) in [7, 11) is 0. The fourth-order valence-corrected chi connectivity index (χ4v) is 2.86. The Morgan fingerprint density at radius 3 is 1.91 bits per heavy atom. The third kappa shape index (κ3) is 10.3. The highest BCUT2D eigenvalue weighted by Crippen LogP contribution is 2.10. The lowest BCUT2D eigenvalue weighted by atomic mass is 10.1. The molecule has 1 N–H and O–H groups in total. The molecule has 0 aromatic carbocycles. The van der Waals surface area contributed by atoms with Gasteiger partial charge in [-0.1, -0.05) is 57.9 Å². The van der Waals surface area contributed by atoms with E-state index in [1.807, 2.05) is 0 Å². The molecule has 2 nitrogen and oxygen atoms in total. The summed E-state index contributed by atoms with van der Waals surface area (Å²) < 4.78 is 2.40. The molecule has 0 aliphatic heterocycles. The summed E-state index contributed by atoms with van der Waals surface area (Å²) in [4.78, 5) is 0. The summed E-state index contributed by atoms with van der Waals surface area (Å²) in [5.74, 6) is 0. The van der Waals surface area contributed by atoms with Gasteiger partial charge in [-0.05, 0) is 12.8 Å². The molecule has 22 heavy (non-hydrogen) atoms. The van der Waals surface area contributed by atoms with E-state index >= 15 is 0 Å². The molecule has 1 heterocycles. The second-order valence-corrected chi connectivity index (χ2v) is 6.00. The first-order chi connectivity index (χ1) is 10.4. The molecular formula is C19H34BrNO. The highest BCUT2D eigenvalue weighted by atomic mass is 79.9. The van der Waals surface area contributed by atoms with E-state index in [1.165, 1.54) is 70.0 Å². The Hall–Kier alpha value is -0.410. The van der Waals surface area contributed by atoms with E-state index in [0.717, 1.165) is 12.8 Å². The lowest BCUT2D eigenvalue weighted by Gasteiger charge is -2.03. The minimum Gasteiger partial charge on any atom is -1.00 e. The third-order valence-corrected chi connectivity index (χ3v) is 4.20. The van der Waals surface area contributed by atoms with Crippen LogP contribution in [0.5, 0.6) is 0 Å². The van der Waals surface area contributed by atoms with E-state index in [0.29, 0.717) is 6.61 Å². The lowest BCUT2D eigenvalue weighted by molar-refractivity contribution is -0.704. The minimum absolute atomic E-state index is 0. The largest absolute Gasteiger partial charge is 1.00 e. The first kappa shape index (κ1) is 21.6. The maximum absolute atomic E-state index is 8.70. The summed E-state index contributed by atoms with van der Waals surface area (Å²) in [6.07, 6.45) is 16.4. The van der Waals surface area contributed by atoms with Crippen molar-refractivity contribution in [3.8, 4) is 0 Å². The van der Waals surface area contributed by atoms with E-state index in [2.05, 4.69) is 35.9 Å². The molecule has 0 aliphatic rings. The predicted molar refractivity (Wildman–Crippen MR) is 89.3 cm³/mol. The smallest absolute Gasteiger partial charge is 0.181 e. The number of unbranched alkanes of at least 4 members (excludes halogenated alkanes) is 9. The van der Waals surface area contributed by atoms with E-state index in [9.17, 15) is 0 Å². The van der Waals surface area contributed by atoms with Crippen molar-refractivity contribution in [3.63, 3.8) is 0 Å². The molecule has 0 saturated carbocycles. The Bertz CT molecular complexity index is 357. The summed E-state index contributed by atoms with van der Waals surface area (Å²) in [5, 5.41) is 8.70. The van der Waals surface area contributed by atoms with Gasteiger partial charge in [0.25, 0.3) is 0 Å². The Balaban J connectivity index is 0.00000441. The molecule has 0 amide bonds. The quantitative estimate of drug-likeness (QED) is 0.411. The van der Waals surface area contributed by atoms with Crippen LogP contribution in [-0.2, 0) is 13.0 Å². The molecule has 0 fully saturated rings. The van der Waals surface area contributed by atoms with E-state index in [-0.39, 0.29) is 17.0 Å². The number of aliphatic hydroxyl groups excluding tert-OH is 1. The van der Waals surface area contributed by atoms with Crippen LogP contribution in [0.1, 0.15) is 76.8 Å². The molecule has 1 aromatic heterocycles. The van der Waals surface area contributed by atoms with Gasteiger partial charge >= 0.3 is 0 Å². The molecule has 1 rings (SSSR count). The van der Waals surface area contributed by atoms with Crippen LogP contribution < -0.4 is 21.5 Å². The van der Waals surface area contributed by atoms with E-state index < -0.39 is 0 Å². The van der Waals surface area contributed by atoms with Crippen molar-refractivity contribution in [2.75, 3.05) is 6.61 Å². The zero-order valence-corrected chi connectivity index (χ0v) is 15.9. The molecule has 3 heteroatoms. The van der Waals surface area contributed by atoms with Gasteiger partial charge in [-0.15, -0.1) is 0 Å². The number of aryl methyl sites for hydroxylation is 2. The van der Waals surface area contributed by atoms with Gasteiger partial charge in [-0.3, -0.25) is 0 Å². The molecular weight excluding hydrogens is 338 g/mol. The van der Waals surface area contributed by atoms with Crippen LogP contribution in [0.15, 0.2) is 24.4 Å². The molecule has 0 atom stereocenters. The summed E-state index contributed by atoms with van der Waals surface area (Å²) >= 11 is 0. The lowest BCUT2D eigenvalue weighted by Crippen LogP contribution is -3.00. The number of aromatic nitrogens is 1. The van der Waals surface area contributed by atoms with Crippen LogP contribution in [0.2, 0.25) is 0 Å².